The SMILES string of the molecule is N=C(N)c1ccc2nc(/C=C/C=C/C=C/c3cc4cc(C(=N)N)ccc4o3)ccc2c1. The van der Waals surface area contributed by atoms with Crippen LogP contribution in [0.25, 0.3) is 34.0 Å². The van der Waals surface area contributed by atoms with Crippen LogP contribution < -0.4 is 11.5 Å². The molecule has 152 valence electrons. The number of hydrogen-bond donors (Lipinski definition) is 4. The normalized spacial score (nSPS) is 12.0. The lowest BCUT2D eigenvalue weighted by atomic mass is 10.1. The summed E-state index contributed by atoms with van der Waals surface area (Å²) in [7, 11) is 0. The summed E-state index contributed by atoms with van der Waals surface area (Å²) < 4.78 is 5.76. The van der Waals surface area contributed by atoms with E-state index >= 15 is 0 Å². The van der Waals surface area contributed by atoms with Crippen molar-refractivity contribution in [2.45, 2.75) is 0 Å². The van der Waals surface area contributed by atoms with E-state index in [1.54, 1.807) is 12.1 Å². The predicted octanol–water partition coefficient (Wildman–Crippen LogP) is 4.83. The van der Waals surface area contributed by atoms with Crippen molar-refractivity contribution < 1.29 is 4.42 Å². The molecule has 0 unspecified atom stereocenters. The predicted molar refractivity (Wildman–Crippen MR) is 127 cm³/mol. The van der Waals surface area contributed by atoms with Crippen LogP contribution in [0.15, 0.2) is 83.3 Å². The highest BCUT2D eigenvalue weighted by Gasteiger charge is 2.04. The maximum absolute atomic E-state index is 7.52. The summed E-state index contributed by atoms with van der Waals surface area (Å²) in [5, 5.41) is 16.9. The highest BCUT2D eigenvalue weighted by atomic mass is 16.3. The van der Waals surface area contributed by atoms with E-state index in [1.165, 1.54) is 0 Å². The number of pyridine rings is 1. The van der Waals surface area contributed by atoms with E-state index in [9.17, 15) is 0 Å². The van der Waals surface area contributed by atoms with Crippen LogP contribution >= 0.6 is 0 Å². The summed E-state index contributed by atoms with van der Waals surface area (Å²) in [5.74, 6) is 0.814. The minimum Gasteiger partial charge on any atom is -0.457 e. The molecule has 0 fully saturated rings. The Morgan fingerprint density at radius 1 is 0.742 bits per heavy atom. The maximum Gasteiger partial charge on any atom is 0.134 e. The lowest BCUT2D eigenvalue weighted by Crippen LogP contribution is -2.10. The summed E-state index contributed by atoms with van der Waals surface area (Å²) >= 11 is 0. The molecule has 2 aromatic heterocycles. The Morgan fingerprint density at radius 3 is 2.16 bits per heavy atom. The highest BCUT2D eigenvalue weighted by Crippen LogP contribution is 2.21. The number of hydrogen-bond acceptors (Lipinski definition) is 4. The van der Waals surface area contributed by atoms with Crippen LogP contribution in [-0.2, 0) is 0 Å². The number of nitrogens with two attached hydrogens (primary N) is 2. The second-order valence-corrected chi connectivity index (χ2v) is 6.98. The first-order chi connectivity index (χ1) is 15.0. The van der Waals surface area contributed by atoms with Gasteiger partial charge in [-0.05, 0) is 60.7 Å². The summed E-state index contributed by atoms with van der Waals surface area (Å²) in [6, 6.07) is 16.8. The fourth-order valence-electron chi connectivity index (χ4n) is 3.15. The Bertz CT molecular complexity index is 1390. The van der Waals surface area contributed by atoms with Gasteiger partial charge in [-0.1, -0.05) is 30.4 Å². The molecular formula is C25H21N5O. The third-order valence-electron chi connectivity index (χ3n) is 4.73. The Hall–Kier alpha value is -4.45. The molecule has 6 N–H and O–H groups in total. The molecule has 6 nitrogen and oxygen atoms in total. The number of nitrogen functional groups attached to an aromatic ring is 2. The van der Waals surface area contributed by atoms with Crippen molar-refractivity contribution in [2.75, 3.05) is 0 Å². The van der Waals surface area contributed by atoms with Gasteiger partial charge < -0.3 is 15.9 Å². The number of amidine groups is 2. The van der Waals surface area contributed by atoms with Crippen LogP contribution in [0.5, 0.6) is 0 Å². The number of nitrogens with one attached hydrogen (secondary N) is 2. The summed E-state index contributed by atoms with van der Waals surface area (Å²) in [6.07, 6.45) is 11.4. The second kappa shape index (κ2) is 8.51. The van der Waals surface area contributed by atoms with Crippen molar-refractivity contribution in [2.24, 2.45) is 11.5 Å². The van der Waals surface area contributed by atoms with Gasteiger partial charge >= 0.3 is 0 Å². The molecule has 0 saturated heterocycles. The van der Waals surface area contributed by atoms with Crippen LogP contribution in [0.4, 0.5) is 0 Å². The van der Waals surface area contributed by atoms with E-state index < -0.39 is 0 Å². The molecular weight excluding hydrogens is 386 g/mol. The van der Waals surface area contributed by atoms with Gasteiger partial charge in [0.05, 0.1) is 11.2 Å². The van der Waals surface area contributed by atoms with Crippen LogP contribution in [0.3, 0.4) is 0 Å². The zero-order valence-corrected chi connectivity index (χ0v) is 16.7. The minimum atomic E-state index is 0.0385. The number of benzene rings is 2. The van der Waals surface area contributed by atoms with E-state index in [-0.39, 0.29) is 11.7 Å². The number of nitrogens with zero attached hydrogens (tertiary/aromatic N) is 1. The Labute approximate surface area is 179 Å². The molecule has 31 heavy (non-hydrogen) atoms. The van der Waals surface area contributed by atoms with E-state index in [4.69, 9.17) is 26.7 Å². The third-order valence-corrected chi connectivity index (χ3v) is 4.73. The average molecular weight is 407 g/mol. The number of allylic oxidation sites excluding steroid dienone is 4. The fourth-order valence-corrected chi connectivity index (χ4v) is 3.15. The topological polar surface area (TPSA) is 126 Å². The van der Waals surface area contributed by atoms with Gasteiger partial charge in [0.15, 0.2) is 0 Å². The largest absolute Gasteiger partial charge is 0.457 e. The smallest absolute Gasteiger partial charge is 0.134 e. The standard InChI is InChI=1S/C25H21N5O/c26-24(27)17-8-11-22-16(13-17)7-10-20(30-22)5-3-1-2-4-6-21-15-19-14-18(25(28)29)9-12-23(19)31-21/h1-15H,(H3,26,27)(H3,28,29)/b2-1+,5-3+,6-4+. The zero-order valence-electron chi connectivity index (χ0n) is 16.7. The van der Waals surface area contributed by atoms with Crippen molar-refractivity contribution in [1.29, 1.82) is 10.8 Å². The van der Waals surface area contributed by atoms with Crippen LogP contribution in [-0.4, -0.2) is 16.7 Å². The molecule has 0 aliphatic rings. The van der Waals surface area contributed by atoms with Gasteiger partial charge in [0.1, 0.15) is 23.0 Å². The lowest BCUT2D eigenvalue weighted by Gasteiger charge is -2.02. The molecule has 0 atom stereocenters. The molecule has 0 aliphatic carbocycles. The summed E-state index contributed by atoms with van der Waals surface area (Å²) in [6.45, 7) is 0. The van der Waals surface area contributed by atoms with Crippen LogP contribution in [0, 0.1) is 10.8 Å². The minimum absolute atomic E-state index is 0.0385. The molecule has 0 amide bonds. The molecule has 0 spiro atoms. The molecule has 0 bridgehead atoms. The van der Waals surface area contributed by atoms with E-state index in [1.807, 2.05) is 78.9 Å². The van der Waals surface area contributed by atoms with Crippen molar-refractivity contribution >= 4 is 45.7 Å². The monoisotopic (exact) mass is 407 g/mol. The zero-order chi connectivity index (χ0) is 21.8. The first-order valence-corrected chi connectivity index (χ1v) is 9.64. The average Bonchev–Trinajstić information content (AvgIpc) is 3.17. The number of rotatable bonds is 6. The van der Waals surface area contributed by atoms with E-state index in [0.29, 0.717) is 11.1 Å². The first-order valence-electron chi connectivity index (χ1n) is 9.64. The second-order valence-electron chi connectivity index (χ2n) is 6.98. The summed E-state index contributed by atoms with van der Waals surface area (Å²) in [4.78, 5) is 4.60. The van der Waals surface area contributed by atoms with Gasteiger partial charge in [0.2, 0.25) is 0 Å². The van der Waals surface area contributed by atoms with Crippen molar-refractivity contribution in [3.8, 4) is 0 Å². The molecule has 6 heteroatoms. The number of furan rings is 1. The first kappa shape index (κ1) is 19.8. The Kier molecular flexibility index (Phi) is 5.45. The van der Waals surface area contributed by atoms with Gasteiger partial charge in [-0.15, -0.1) is 0 Å². The third kappa shape index (κ3) is 4.59. The molecule has 4 aromatic rings. The van der Waals surface area contributed by atoms with Gasteiger partial charge in [-0.3, -0.25) is 10.8 Å². The van der Waals surface area contributed by atoms with Gasteiger partial charge in [-0.2, -0.15) is 0 Å². The number of aromatic nitrogens is 1. The Balaban J connectivity index is 1.41. The molecule has 0 saturated carbocycles. The lowest BCUT2D eigenvalue weighted by molar-refractivity contribution is 0.604. The van der Waals surface area contributed by atoms with Crippen molar-refractivity contribution in [1.82, 2.24) is 4.98 Å². The van der Waals surface area contributed by atoms with Crippen molar-refractivity contribution in [3.63, 3.8) is 0 Å². The molecule has 2 aromatic carbocycles. The van der Waals surface area contributed by atoms with E-state index in [0.717, 1.165) is 33.3 Å². The Morgan fingerprint density at radius 2 is 1.42 bits per heavy atom. The van der Waals surface area contributed by atoms with Gasteiger partial charge in [0, 0.05) is 21.9 Å². The van der Waals surface area contributed by atoms with Gasteiger partial charge in [0.25, 0.3) is 0 Å². The van der Waals surface area contributed by atoms with Gasteiger partial charge in [-0.25, -0.2) is 4.98 Å². The van der Waals surface area contributed by atoms with Crippen LogP contribution in [0.1, 0.15) is 22.6 Å². The molecule has 4 rings (SSSR count). The molecule has 0 radical (unpaired) electrons. The highest BCUT2D eigenvalue weighted by molar-refractivity contribution is 5.99. The van der Waals surface area contributed by atoms with Crippen LogP contribution in [0.2, 0.25) is 0 Å². The fraction of sp³-hybridized carbons (Fsp3) is 0. The molecule has 2 heterocycles. The number of fused-ring (bicyclic) bond motifs is 2. The maximum atomic E-state index is 7.52. The van der Waals surface area contributed by atoms with E-state index in [2.05, 4.69) is 4.98 Å². The summed E-state index contributed by atoms with van der Waals surface area (Å²) in [5.41, 5.74) is 14.9. The van der Waals surface area contributed by atoms with Crippen molar-refractivity contribution in [3.05, 3.63) is 101 Å². The quantitative estimate of drug-likeness (QED) is 0.207. The molecule has 0 aliphatic heterocycles.